The third-order valence-electron chi connectivity index (χ3n) is 2.20. The molecule has 2 rings (SSSR count). The summed E-state index contributed by atoms with van der Waals surface area (Å²) in [7, 11) is -7.76. The molecule has 0 unspecified atom stereocenters. The Balaban J connectivity index is 0.000000261. The van der Waals surface area contributed by atoms with Crippen molar-refractivity contribution in [2.24, 2.45) is 7.05 Å². The van der Waals surface area contributed by atoms with Crippen LogP contribution >= 0.6 is 0 Å². The van der Waals surface area contributed by atoms with Gasteiger partial charge in [0.2, 0.25) is 0 Å². The van der Waals surface area contributed by atoms with Crippen molar-refractivity contribution >= 4 is 20.3 Å². The lowest BCUT2D eigenvalue weighted by molar-refractivity contribution is -0.670. The highest BCUT2D eigenvalue weighted by atomic mass is 32.2. The number of alkyl halides is 3. The van der Waals surface area contributed by atoms with Gasteiger partial charge in [-0.25, -0.2) is 17.3 Å². The average molecular weight is 364 g/mol. The van der Waals surface area contributed by atoms with Crippen molar-refractivity contribution < 1.29 is 39.1 Å². The van der Waals surface area contributed by atoms with Gasteiger partial charge >= 0.3 is 15.7 Å². The van der Waals surface area contributed by atoms with Gasteiger partial charge in [-0.05, 0) is 0 Å². The largest absolute Gasteiger partial charge is 0.741 e. The number of halogens is 3. The van der Waals surface area contributed by atoms with Crippen LogP contribution < -0.4 is 9.88 Å². The standard InChI is InChI=1S/C7H11N4O2S.CHF3O3S/c1-9-4-5-11(7-9)14(12,13)10-3-2-8-6-10;2-1(3,4)8(5,6)7/h2-5,7-8H,6H2,1H3;(H,5,6,7)/q+1;/p-1. The summed E-state index contributed by atoms with van der Waals surface area (Å²) in [6.45, 7) is 0.282. The van der Waals surface area contributed by atoms with E-state index in [1.54, 1.807) is 24.0 Å². The molecule has 1 aliphatic heterocycles. The maximum atomic E-state index is 11.8. The first kappa shape index (κ1) is 18.2. The van der Waals surface area contributed by atoms with Crippen molar-refractivity contribution in [1.82, 2.24) is 13.6 Å². The Hall–Kier alpha value is -1.80. The molecular weight excluding hydrogens is 353 g/mol. The van der Waals surface area contributed by atoms with E-state index in [9.17, 15) is 21.6 Å². The highest BCUT2D eigenvalue weighted by Crippen LogP contribution is 2.20. The Labute approximate surface area is 124 Å². The van der Waals surface area contributed by atoms with Crippen molar-refractivity contribution in [3.63, 3.8) is 0 Å². The van der Waals surface area contributed by atoms with Crippen LogP contribution in [0, 0.1) is 0 Å². The summed E-state index contributed by atoms with van der Waals surface area (Å²) in [4.78, 5) is 0. The van der Waals surface area contributed by atoms with Crippen molar-refractivity contribution in [3.8, 4) is 0 Å². The van der Waals surface area contributed by atoms with Crippen LogP contribution in [0.3, 0.4) is 0 Å². The van der Waals surface area contributed by atoms with E-state index in [4.69, 9.17) is 13.0 Å². The lowest BCUT2D eigenvalue weighted by Gasteiger charge is -2.10. The van der Waals surface area contributed by atoms with E-state index in [2.05, 4.69) is 5.32 Å². The quantitative estimate of drug-likeness (QED) is 0.400. The van der Waals surface area contributed by atoms with E-state index in [1.807, 2.05) is 0 Å². The molecule has 126 valence electrons. The van der Waals surface area contributed by atoms with Crippen molar-refractivity contribution in [3.05, 3.63) is 31.1 Å². The number of rotatable bonds is 2. The normalized spacial score (nSPS) is 15.2. The van der Waals surface area contributed by atoms with Gasteiger partial charge < -0.3 is 9.87 Å². The fourth-order valence-corrected chi connectivity index (χ4v) is 2.35. The number of nitrogens with one attached hydrogen (secondary N) is 1. The molecule has 1 aromatic rings. The summed E-state index contributed by atoms with van der Waals surface area (Å²) in [5.41, 5.74) is -5.65. The molecule has 0 amide bonds. The van der Waals surface area contributed by atoms with Crippen LogP contribution in [-0.4, -0.2) is 41.8 Å². The van der Waals surface area contributed by atoms with Gasteiger partial charge in [-0.1, -0.05) is 0 Å². The molecule has 0 spiro atoms. The van der Waals surface area contributed by atoms with Crippen LogP contribution in [0.1, 0.15) is 0 Å². The second kappa shape index (κ2) is 6.13. The molecule has 0 radical (unpaired) electrons. The third kappa shape index (κ3) is 4.35. The number of aromatic nitrogens is 2. The van der Waals surface area contributed by atoms with E-state index < -0.39 is 25.8 Å². The molecule has 0 saturated heterocycles. The van der Waals surface area contributed by atoms with Crippen LogP contribution in [0.2, 0.25) is 0 Å². The highest BCUT2D eigenvalue weighted by molar-refractivity contribution is 7.87. The van der Waals surface area contributed by atoms with Crippen molar-refractivity contribution in [2.45, 2.75) is 5.51 Å². The molecule has 0 aliphatic carbocycles. The van der Waals surface area contributed by atoms with Crippen LogP contribution in [0.15, 0.2) is 31.1 Å². The van der Waals surface area contributed by atoms with Crippen LogP contribution in [0.5, 0.6) is 0 Å². The fraction of sp³-hybridized carbons (Fsp3) is 0.375. The van der Waals surface area contributed by atoms with Crippen molar-refractivity contribution in [1.29, 1.82) is 0 Å². The molecule has 0 atom stereocenters. The average Bonchev–Trinajstić information content (AvgIpc) is 2.97. The molecule has 22 heavy (non-hydrogen) atoms. The predicted molar refractivity (Wildman–Crippen MR) is 64.7 cm³/mol. The molecule has 0 saturated carbocycles. The Morgan fingerprint density at radius 1 is 1.27 bits per heavy atom. The van der Waals surface area contributed by atoms with E-state index in [0.29, 0.717) is 0 Å². The first-order chi connectivity index (χ1) is 9.85. The van der Waals surface area contributed by atoms with E-state index in [1.165, 1.54) is 27.0 Å². The molecule has 2 heterocycles. The lowest BCUT2D eigenvalue weighted by atomic mass is 10.9. The van der Waals surface area contributed by atoms with E-state index >= 15 is 0 Å². The highest BCUT2D eigenvalue weighted by Gasteiger charge is 2.36. The van der Waals surface area contributed by atoms with Gasteiger partial charge in [0.1, 0.15) is 19.1 Å². The summed E-state index contributed by atoms with van der Waals surface area (Å²) in [6.07, 6.45) is 7.77. The zero-order chi connectivity index (χ0) is 17.2. The molecule has 1 N–H and O–H groups in total. The van der Waals surface area contributed by atoms with Gasteiger partial charge in [-0.15, -0.1) is 3.97 Å². The van der Waals surface area contributed by atoms with Gasteiger partial charge in [0, 0.05) is 12.4 Å². The monoisotopic (exact) mass is 364 g/mol. The minimum atomic E-state index is -6.09. The molecule has 14 heteroatoms. The van der Waals surface area contributed by atoms with Gasteiger partial charge in [0.15, 0.2) is 10.1 Å². The minimum absolute atomic E-state index is 0.282. The van der Waals surface area contributed by atoms with Crippen LogP contribution in [0.4, 0.5) is 13.2 Å². The van der Waals surface area contributed by atoms with Crippen LogP contribution in [0.25, 0.3) is 0 Å². The van der Waals surface area contributed by atoms with Gasteiger partial charge in [0.25, 0.3) is 6.33 Å². The number of imidazole rings is 1. The molecule has 1 aliphatic rings. The molecule has 1 aromatic heterocycles. The van der Waals surface area contributed by atoms with E-state index in [-0.39, 0.29) is 6.67 Å². The predicted octanol–water partition coefficient (Wildman–Crippen LogP) is -1.21. The van der Waals surface area contributed by atoms with Crippen molar-refractivity contribution in [2.75, 3.05) is 6.67 Å². The van der Waals surface area contributed by atoms with Gasteiger partial charge in [0.05, 0.1) is 7.05 Å². The minimum Gasteiger partial charge on any atom is -0.741 e. The molecule has 0 aromatic carbocycles. The summed E-state index contributed by atoms with van der Waals surface area (Å²) >= 11 is 0. The number of hydrogen-bond acceptors (Lipinski definition) is 6. The molecule has 0 fully saturated rings. The smallest absolute Gasteiger partial charge is 0.485 e. The first-order valence-electron chi connectivity index (χ1n) is 5.33. The Morgan fingerprint density at radius 2 is 1.82 bits per heavy atom. The summed E-state index contributed by atoms with van der Waals surface area (Å²) in [5.74, 6) is 0. The second-order valence-corrected chi connectivity index (χ2v) is 7.04. The maximum absolute atomic E-state index is 11.8. The Kier molecular flexibility index (Phi) is 5.09. The van der Waals surface area contributed by atoms with Gasteiger partial charge in [-0.3, -0.25) is 0 Å². The molecule has 9 nitrogen and oxygen atoms in total. The topological polar surface area (TPSA) is 115 Å². The fourth-order valence-electron chi connectivity index (χ4n) is 1.17. The first-order valence-corrected chi connectivity index (χ1v) is 8.14. The zero-order valence-corrected chi connectivity index (χ0v) is 12.6. The van der Waals surface area contributed by atoms with E-state index in [0.717, 1.165) is 0 Å². The SMILES string of the molecule is C[n+]1ccn(S(=O)(=O)N2C=CNC2)c1.O=S(=O)([O-])C(F)(F)F. The summed E-state index contributed by atoms with van der Waals surface area (Å²) in [6, 6.07) is 0. The molecule has 0 bridgehead atoms. The number of nitrogens with zero attached hydrogens (tertiary/aromatic N) is 3. The second-order valence-electron chi connectivity index (χ2n) is 3.88. The third-order valence-corrected chi connectivity index (χ3v) is 4.36. The lowest BCUT2D eigenvalue weighted by Crippen LogP contribution is -2.33. The maximum Gasteiger partial charge on any atom is 0.485 e. The van der Waals surface area contributed by atoms with Gasteiger partial charge in [-0.2, -0.15) is 21.6 Å². The zero-order valence-electron chi connectivity index (χ0n) is 10.9. The summed E-state index contributed by atoms with van der Waals surface area (Å²) in [5, 5.41) is 2.80. The number of aryl methyl sites for hydroxylation is 1. The Morgan fingerprint density at radius 3 is 2.14 bits per heavy atom. The van der Waals surface area contributed by atoms with Crippen LogP contribution in [-0.2, 0) is 27.4 Å². The Bertz CT molecular complexity index is 753. The number of hydrogen-bond donors (Lipinski definition) is 1. The molecular formula is C8H11F3N4O5S2. The summed E-state index contributed by atoms with van der Waals surface area (Å²) < 4.78 is 86.6.